The highest BCUT2D eigenvalue weighted by atomic mass is 32.2. The van der Waals surface area contributed by atoms with Crippen LogP contribution in [0.1, 0.15) is 27.1 Å². The Morgan fingerprint density at radius 3 is 2.73 bits per heavy atom. The van der Waals surface area contributed by atoms with Gasteiger partial charge in [0, 0.05) is 48.6 Å². The molecule has 0 aromatic heterocycles. The fourth-order valence-electron chi connectivity index (χ4n) is 2.83. The number of anilines is 1. The SMILES string of the molecule is COCCCNC(=O)c1ccc2c(c1)N(C(=O)c1ccccc1)CCS2. The van der Waals surface area contributed by atoms with Crippen LogP contribution in [0.25, 0.3) is 0 Å². The molecule has 0 atom stereocenters. The molecule has 0 radical (unpaired) electrons. The Kier molecular flexibility index (Phi) is 6.30. The smallest absolute Gasteiger partial charge is 0.258 e. The maximum atomic E-state index is 12.9. The highest BCUT2D eigenvalue weighted by molar-refractivity contribution is 7.99. The number of carbonyl (C=O) groups is 2. The molecule has 1 heterocycles. The predicted molar refractivity (Wildman–Crippen MR) is 104 cm³/mol. The summed E-state index contributed by atoms with van der Waals surface area (Å²) in [6.07, 6.45) is 0.766. The fourth-order valence-corrected chi connectivity index (χ4v) is 3.80. The van der Waals surface area contributed by atoms with Crippen LogP contribution in [0.3, 0.4) is 0 Å². The third-order valence-electron chi connectivity index (χ3n) is 4.16. The second kappa shape index (κ2) is 8.87. The van der Waals surface area contributed by atoms with Gasteiger partial charge >= 0.3 is 0 Å². The Bertz CT molecular complexity index is 780. The maximum absolute atomic E-state index is 12.9. The zero-order chi connectivity index (χ0) is 18.4. The van der Waals surface area contributed by atoms with E-state index in [9.17, 15) is 9.59 Å². The molecule has 136 valence electrons. The number of carbonyl (C=O) groups excluding carboxylic acids is 2. The van der Waals surface area contributed by atoms with Gasteiger partial charge in [-0.15, -0.1) is 11.8 Å². The number of nitrogens with one attached hydrogen (secondary N) is 1. The van der Waals surface area contributed by atoms with E-state index in [1.54, 1.807) is 23.8 Å². The monoisotopic (exact) mass is 370 g/mol. The van der Waals surface area contributed by atoms with Crippen LogP contribution in [0.5, 0.6) is 0 Å². The van der Waals surface area contributed by atoms with Crippen molar-refractivity contribution in [1.29, 1.82) is 0 Å². The van der Waals surface area contributed by atoms with Crippen LogP contribution in [0, 0.1) is 0 Å². The lowest BCUT2D eigenvalue weighted by Gasteiger charge is -2.29. The maximum Gasteiger partial charge on any atom is 0.258 e. The Morgan fingerprint density at radius 1 is 1.15 bits per heavy atom. The number of fused-ring (bicyclic) bond motifs is 1. The third-order valence-corrected chi connectivity index (χ3v) is 5.20. The van der Waals surface area contributed by atoms with Crippen molar-refractivity contribution >= 4 is 29.3 Å². The third kappa shape index (κ3) is 4.26. The zero-order valence-electron chi connectivity index (χ0n) is 14.7. The summed E-state index contributed by atoms with van der Waals surface area (Å²) in [5, 5.41) is 2.89. The molecule has 0 saturated heterocycles. The van der Waals surface area contributed by atoms with Crippen molar-refractivity contribution in [3.63, 3.8) is 0 Å². The normalized spacial score (nSPS) is 13.2. The van der Waals surface area contributed by atoms with Crippen LogP contribution in [-0.2, 0) is 4.74 Å². The summed E-state index contributed by atoms with van der Waals surface area (Å²) in [6.45, 7) is 1.80. The van der Waals surface area contributed by atoms with Crippen LogP contribution in [0.15, 0.2) is 53.4 Å². The molecule has 0 unspecified atom stereocenters. The summed E-state index contributed by atoms with van der Waals surface area (Å²) >= 11 is 1.71. The lowest BCUT2D eigenvalue weighted by molar-refractivity contribution is 0.0945. The van der Waals surface area contributed by atoms with E-state index < -0.39 is 0 Å². The summed E-state index contributed by atoms with van der Waals surface area (Å²) in [4.78, 5) is 28.1. The van der Waals surface area contributed by atoms with Gasteiger partial charge in [-0.3, -0.25) is 9.59 Å². The molecule has 1 aliphatic rings. The van der Waals surface area contributed by atoms with Gasteiger partial charge in [0.05, 0.1) is 5.69 Å². The molecule has 2 aromatic carbocycles. The first-order valence-electron chi connectivity index (χ1n) is 8.61. The molecule has 0 spiro atoms. The van der Waals surface area contributed by atoms with Gasteiger partial charge in [0.1, 0.15) is 0 Å². The van der Waals surface area contributed by atoms with E-state index in [-0.39, 0.29) is 11.8 Å². The minimum atomic E-state index is -0.133. The highest BCUT2D eigenvalue weighted by Gasteiger charge is 2.25. The number of nitrogens with zero attached hydrogens (tertiary/aromatic N) is 1. The molecule has 5 nitrogen and oxygen atoms in total. The average molecular weight is 370 g/mol. The van der Waals surface area contributed by atoms with E-state index in [2.05, 4.69) is 5.32 Å². The Balaban J connectivity index is 1.79. The lowest BCUT2D eigenvalue weighted by Crippen LogP contribution is -2.35. The van der Waals surface area contributed by atoms with E-state index >= 15 is 0 Å². The first kappa shape index (κ1) is 18.5. The predicted octanol–water partition coefficient (Wildman–Crippen LogP) is 3.21. The number of rotatable bonds is 6. The van der Waals surface area contributed by atoms with Crippen molar-refractivity contribution in [2.75, 3.05) is 37.5 Å². The Hall–Kier alpha value is -2.31. The molecule has 6 heteroatoms. The molecule has 1 aliphatic heterocycles. The average Bonchev–Trinajstić information content (AvgIpc) is 2.70. The van der Waals surface area contributed by atoms with Crippen molar-refractivity contribution in [2.24, 2.45) is 0 Å². The zero-order valence-corrected chi connectivity index (χ0v) is 15.6. The molecule has 2 aromatic rings. The van der Waals surface area contributed by atoms with E-state index in [0.717, 1.165) is 22.8 Å². The van der Waals surface area contributed by atoms with Crippen LogP contribution in [0.4, 0.5) is 5.69 Å². The van der Waals surface area contributed by atoms with Gasteiger partial charge in [-0.2, -0.15) is 0 Å². The van der Waals surface area contributed by atoms with Crippen molar-refractivity contribution in [3.8, 4) is 0 Å². The molecule has 1 N–H and O–H groups in total. The quantitative estimate of drug-likeness (QED) is 0.794. The first-order valence-corrected chi connectivity index (χ1v) is 9.60. The van der Waals surface area contributed by atoms with Gasteiger partial charge in [0.25, 0.3) is 11.8 Å². The van der Waals surface area contributed by atoms with Crippen molar-refractivity contribution < 1.29 is 14.3 Å². The summed E-state index contributed by atoms with van der Waals surface area (Å²) in [5.41, 5.74) is 2.02. The van der Waals surface area contributed by atoms with Crippen molar-refractivity contribution in [1.82, 2.24) is 5.32 Å². The van der Waals surface area contributed by atoms with Gasteiger partial charge in [-0.05, 0) is 36.8 Å². The summed E-state index contributed by atoms with van der Waals surface area (Å²) in [6, 6.07) is 14.8. The van der Waals surface area contributed by atoms with Crippen LogP contribution < -0.4 is 10.2 Å². The van der Waals surface area contributed by atoms with Crippen molar-refractivity contribution in [2.45, 2.75) is 11.3 Å². The van der Waals surface area contributed by atoms with Crippen LogP contribution in [-0.4, -0.2) is 44.4 Å². The minimum Gasteiger partial charge on any atom is -0.385 e. The standard InChI is InChI=1S/C20H22N2O3S/c1-25-12-5-10-21-19(23)16-8-9-18-17(14-16)22(11-13-26-18)20(24)15-6-3-2-4-7-15/h2-4,6-9,14H,5,10-13H2,1H3,(H,21,23). The van der Waals surface area contributed by atoms with E-state index in [0.29, 0.717) is 30.8 Å². The molecule has 3 rings (SSSR count). The number of ether oxygens (including phenoxy) is 1. The van der Waals surface area contributed by atoms with Crippen molar-refractivity contribution in [3.05, 3.63) is 59.7 Å². The number of hydrogen-bond acceptors (Lipinski definition) is 4. The fraction of sp³-hybridized carbons (Fsp3) is 0.300. The number of thioether (sulfide) groups is 1. The van der Waals surface area contributed by atoms with E-state index in [1.165, 1.54) is 0 Å². The largest absolute Gasteiger partial charge is 0.385 e. The van der Waals surface area contributed by atoms with Gasteiger partial charge in [0.15, 0.2) is 0 Å². The molecule has 0 saturated carbocycles. The topological polar surface area (TPSA) is 58.6 Å². The number of methoxy groups -OCH3 is 1. The molecule has 0 aliphatic carbocycles. The molecule has 26 heavy (non-hydrogen) atoms. The highest BCUT2D eigenvalue weighted by Crippen LogP contribution is 2.36. The van der Waals surface area contributed by atoms with E-state index in [1.807, 2.05) is 48.5 Å². The van der Waals surface area contributed by atoms with Gasteiger partial charge in [-0.25, -0.2) is 0 Å². The molecular formula is C20H22N2O3S. The molecular weight excluding hydrogens is 348 g/mol. The molecule has 2 amide bonds. The number of benzene rings is 2. The van der Waals surface area contributed by atoms with E-state index in [4.69, 9.17) is 4.74 Å². The minimum absolute atomic E-state index is 0.0372. The van der Waals surface area contributed by atoms with Gasteiger partial charge in [-0.1, -0.05) is 18.2 Å². The second-order valence-corrected chi connectivity index (χ2v) is 7.09. The van der Waals surface area contributed by atoms with Gasteiger partial charge in [0.2, 0.25) is 0 Å². The Labute approximate surface area is 157 Å². The number of amides is 2. The van der Waals surface area contributed by atoms with Crippen LogP contribution >= 0.6 is 11.8 Å². The first-order chi connectivity index (χ1) is 12.7. The summed E-state index contributed by atoms with van der Waals surface area (Å²) in [5.74, 6) is 0.671. The Morgan fingerprint density at radius 2 is 1.96 bits per heavy atom. The number of hydrogen-bond donors (Lipinski definition) is 1. The second-order valence-electron chi connectivity index (χ2n) is 5.96. The summed E-state index contributed by atoms with van der Waals surface area (Å²) in [7, 11) is 1.64. The summed E-state index contributed by atoms with van der Waals surface area (Å²) < 4.78 is 4.99. The lowest BCUT2D eigenvalue weighted by atomic mass is 10.1. The van der Waals surface area contributed by atoms with Crippen LogP contribution in [0.2, 0.25) is 0 Å². The molecule has 0 fully saturated rings. The molecule has 0 bridgehead atoms. The van der Waals surface area contributed by atoms with Gasteiger partial charge < -0.3 is 15.0 Å².